The number of ether oxygens (including phenoxy) is 5. The summed E-state index contributed by atoms with van der Waals surface area (Å²) in [4.78, 5) is 56.1. The number of esters is 4. The fourth-order valence-electron chi connectivity index (χ4n) is 6.45. The lowest BCUT2D eigenvalue weighted by molar-refractivity contribution is -0.473. The lowest BCUT2D eigenvalue weighted by atomic mass is 9.91. The summed E-state index contributed by atoms with van der Waals surface area (Å²) in [6.45, 7) is 0.391. The van der Waals surface area contributed by atoms with Gasteiger partial charge < -0.3 is 23.7 Å². The fourth-order valence-corrected chi connectivity index (χ4v) is 6.45. The number of hydrogen-bond acceptors (Lipinski definition) is 11. The Labute approximate surface area is 259 Å². The summed E-state index contributed by atoms with van der Waals surface area (Å²) in [6.07, 6.45) is 7.77. The van der Waals surface area contributed by atoms with Gasteiger partial charge in [0.05, 0.1) is 19.3 Å². The molecule has 12 heteroatoms. The Morgan fingerprint density at radius 2 is 1.29 bits per heavy atom. The van der Waals surface area contributed by atoms with Crippen molar-refractivity contribution in [1.29, 1.82) is 0 Å². The van der Waals surface area contributed by atoms with Gasteiger partial charge in [0.1, 0.15) is 5.82 Å². The molecule has 2 spiro atoms. The van der Waals surface area contributed by atoms with Gasteiger partial charge in [-0.25, -0.2) is 33.4 Å². The molecule has 1 atom stereocenters. The zero-order valence-electron chi connectivity index (χ0n) is 24.5. The Hall–Kier alpha value is -4.39. The number of halogens is 1. The van der Waals surface area contributed by atoms with Crippen molar-refractivity contribution in [3.8, 4) is 0 Å². The monoisotopic (exact) mass is 620 g/mol. The number of nitrogens with zero attached hydrogens (tertiary/aromatic N) is 2. The molecule has 0 unspecified atom stereocenters. The van der Waals surface area contributed by atoms with Crippen LogP contribution in [-0.4, -0.2) is 71.2 Å². The van der Waals surface area contributed by atoms with E-state index in [-0.39, 0.29) is 38.2 Å². The minimum absolute atomic E-state index is 0.0364. The number of piperazine rings is 1. The van der Waals surface area contributed by atoms with Crippen LogP contribution < -0.4 is 0 Å². The van der Waals surface area contributed by atoms with E-state index in [2.05, 4.69) is 0 Å². The van der Waals surface area contributed by atoms with Crippen LogP contribution in [0.4, 0.5) is 4.39 Å². The van der Waals surface area contributed by atoms with E-state index in [0.29, 0.717) is 24.0 Å². The van der Waals surface area contributed by atoms with Gasteiger partial charge in [-0.3, -0.25) is 0 Å². The maximum atomic E-state index is 13.5. The Bertz CT molecular complexity index is 1450. The van der Waals surface area contributed by atoms with E-state index in [1.807, 2.05) is 30.3 Å². The first-order valence-corrected chi connectivity index (χ1v) is 15.0. The van der Waals surface area contributed by atoms with Gasteiger partial charge in [0.15, 0.2) is 0 Å². The van der Waals surface area contributed by atoms with Crippen molar-refractivity contribution < 1.29 is 47.3 Å². The number of fused-ring (bicyclic) bond motifs is 1. The molecule has 0 aromatic heterocycles. The molecule has 2 aromatic carbocycles. The third kappa shape index (κ3) is 6.13. The summed E-state index contributed by atoms with van der Waals surface area (Å²) >= 11 is 0. The van der Waals surface area contributed by atoms with E-state index in [1.165, 1.54) is 12.1 Å². The van der Waals surface area contributed by atoms with Crippen LogP contribution in [-0.2, 0) is 49.5 Å². The van der Waals surface area contributed by atoms with Crippen molar-refractivity contribution in [3.63, 3.8) is 0 Å². The molecule has 45 heavy (non-hydrogen) atoms. The number of hydrogen-bond donors (Lipinski definition) is 0. The van der Waals surface area contributed by atoms with Crippen molar-refractivity contribution >= 4 is 23.9 Å². The second kappa shape index (κ2) is 12.9. The smallest absolute Gasteiger partial charge is 0.397 e. The van der Waals surface area contributed by atoms with Crippen molar-refractivity contribution in [1.82, 2.24) is 9.80 Å². The van der Waals surface area contributed by atoms with Crippen LogP contribution in [0.15, 0.2) is 78.9 Å². The highest BCUT2D eigenvalue weighted by atomic mass is 19.1. The molecule has 0 bridgehead atoms. The molecule has 3 heterocycles. The van der Waals surface area contributed by atoms with E-state index < -0.39 is 41.7 Å². The molecule has 236 valence electrons. The van der Waals surface area contributed by atoms with E-state index in [1.54, 1.807) is 21.9 Å². The Kier molecular flexibility index (Phi) is 8.79. The summed E-state index contributed by atoms with van der Waals surface area (Å²) in [5.41, 5.74) is 1.40. The number of carbonyl (C=O) groups excluding carboxylic acids is 4. The third-order valence-electron chi connectivity index (χ3n) is 8.44. The molecule has 6 rings (SSSR count). The minimum atomic E-state index is -2.59. The van der Waals surface area contributed by atoms with Gasteiger partial charge in [-0.05, 0) is 36.1 Å². The highest BCUT2D eigenvalue weighted by Crippen LogP contribution is 2.49. The summed E-state index contributed by atoms with van der Waals surface area (Å²) in [5.74, 6) is -9.31. The Morgan fingerprint density at radius 3 is 1.87 bits per heavy atom. The normalized spacial score (nSPS) is 22.7. The van der Waals surface area contributed by atoms with E-state index in [0.717, 1.165) is 43.6 Å². The molecule has 0 amide bonds. The third-order valence-corrected chi connectivity index (χ3v) is 8.44. The van der Waals surface area contributed by atoms with Crippen LogP contribution in [0.2, 0.25) is 0 Å². The number of carbonyl (C=O) groups is 4. The zero-order chi connectivity index (χ0) is 31.4. The summed E-state index contributed by atoms with van der Waals surface area (Å²) in [5, 5.41) is 0. The van der Waals surface area contributed by atoms with Crippen molar-refractivity contribution in [3.05, 3.63) is 95.8 Å². The lowest BCUT2D eigenvalue weighted by Crippen LogP contribution is -2.82. The number of rotatable bonds is 7. The summed E-state index contributed by atoms with van der Waals surface area (Å²) in [7, 11) is 0. The van der Waals surface area contributed by atoms with E-state index in [4.69, 9.17) is 23.7 Å². The molecular formula is C33H33FN2O9. The Balaban J connectivity index is 1.48. The molecule has 1 saturated heterocycles. The van der Waals surface area contributed by atoms with Crippen LogP contribution in [0.25, 0.3) is 0 Å². The standard InChI is InChI=1S/C33H33FN2O9/c34-25-13-11-23(12-14-25)21-41-22-27(24-7-3-1-4-8-24)36-20-19-35(26-9-5-2-6-10-26)32(42-28(37)15-16-29(38)43-32)33(36)44-30(39)17-18-31(40)45-33/h1,3-4,7-8,11-18,26-27H,2,5-6,9-10,19-22H2/t27-/m0/s1. The van der Waals surface area contributed by atoms with Gasteiger partial charge in [0, 0.05) is 43.4 Å². The minimum Gasteiger partial charge on any atom is -0.397 e. The molecule has 4 aliphatic rings. The molecule has 11 nitrogen and oxygen atoms in total. The zero-order valence-corrected chi connectivity index (χ0v) is 24.5. The Morgan fingerprint density at radius 1 is 0.733 bits per heavy atom. The quantitative estimate of drug-likeness (QED) is 0.422. The van der Waals surface area contributed by atoms with Gasteiger partial charge in [-0.15, -0.1) is 0 Å². The topological polar surface area (TPSA) is 121 Å². The fraction of sp³-hybridized carbons (Fsp3) is 0.394. The SMILES string of the molecule is O=C1C=CC(=O)OC2(O1)N(C1CCCCC1)CCN([C@@H](COCc1ccc(F)cc1)c1ccccc1)C21OC(=O)C=CC(=O)O1. The predicted octanol–water partition coefficient (Wildman–Crippen LogP) is 3.65. The predicted molar refractivity (Wildman–Crippen MR) is 154 cm³/mol. The number of benzene rings is 2. The molecule has 1 aliphatic carbocycles. The average molecular weight is 621 g/mol. The van der Waals surface area contributed by atoms with Crippen LogP contribution in [0.3, 0.4) is 0 Å². The van der Waals surface area contributed by atoms with Crippen molar-refractivity contribution in [2.45, 2.75) is 62.6 Å². The maximum Gasteiger partial charge on any atom is 0.420 e. The first kappa shape index (κ1) is 30.6. The molecule has 3 aliphatic heterocycles. The molecule has 2 aromatic rings. The van der Waals surface area contributed by atoms with Gasteiger partial charge in [0.25, 0.3) is 0 Å². The van der Waals surface area contributed by atoms with Crippen LogP contribution in [0, 0.1) is 5.82 Å². The summed E-state index contributed by atoms with van der Waals surface area (Å²) < 4.78 is 43.6. The molecule has 0 N–H and O–H groups in total. The second-order valence-electron chi connectivity index (χ2n) is 11.3. The van der Waals surface area contributed by atoms with Gasteiger partial charge >= 0.3 is 35.7 Å². The maximum absolute atomic E-state index is 13.5. The highest BCUT2D eigenvalue weighted by molar-refractivity contribution is 5.95. The first-order valence-electron chi connectivity index (χ1n) is 15.0. The van der Waals surface area contributed by atoms with Gasteiger partial charge in [-0.1, -0.05) is 61.7 Å². The average Bonchev–Trinajstić information content (AvgIpc) is 3.30. The van der Waals surface area contributed by atoms with Crippen LogP contribution in [0.1, 0.15) is 49.3 Å². The molecule has 0 radical (unpaired) electrons. The van der Waals surface area contributed by atoms with Crippen LogP contribution >= 0.6 is 0 Å². The van der Waals surface area contributed by atoms with Gasteiger partial charge in [-0.2, -0.15) is 0 Å². The van der Waals surface area contributed by atoms with Crippen molar-refractivity contribution in [2.24, 2.45) is 0 Å². The van der Waals surface area contributed by atoms with Crippen molar-refractivity contribution in [2.75, 3.05) is 19.7 Å². The highest BCUT2D eigenvalue weighted by Gasteiger charge is 2.76. The van der Waals surface area contributed by atoms with Crippen LogP contribution in [0.5, 0.6) is 0 Å². The largest absolute Gasteiger partial charge is 0.420 e. The second-order valence-corrected chi connectivity index (χ2v) is 11.3. The molecular weight excluding hydrogens is 587 g/mol. The molecule has 1 saturated carbocycles. The summed E-state index contributed by atoms with van der Waals surface area (Å²) in [6, 6.07) is 13.9. The van der Waals surface area contributed by atoms with E-state index in [9.17, 15) is 23.6 Å². The lowest BCUT2D eigenvalue weighted by Gasteiger charge is -2.59. The first-order chi connectivity index (χ1) is 21.8. The van der Waals surface area contributed by atoms with E-state index >= 15 is 0 Å². The van der Waals surface area contributed by atoms with Gasteiger partial charge in [0.2, 0.25) is 0 Å². The molecule has 2 fully saturated rings.